The van der Waals surface area contributed by atoms with Gasteiger partial charge < -0.3 is 20.3 Å². The molecule has 5 N–H and O–H groups in total. The van der Waals surface area contributed by atoms with E-state index in [1.807, 2.05) is 0 Å². The molecule has 0 radical (unpaired) electrons. The van der Waals surface area contributed by atoms with E-state index >= 15 is 0 Å². The lowest BCUT2D eigenvalue weighted by Crippen LogP contribution is -2.11. The molecule has 0 amide bonds. The van der Waals surface area contributed by atoms with E-state index in [1.165, 1.54) is 23.2 Å². The van der Waals surface area contributed by atoms with Crippen LogP contribution in [0.4, 0.5) is 5.95 Å². The average Bonchev–Trinajstić information content (AvgIpc) is 2.70. The first kappa shape index (κ1) is 14.4. The van der Waals surface area contributed by atoms with Crippen LogP contribution in [0.5, 0.6) is 0 Å². The zero-order valence-electron chi connectivity index (χ0n) is 10.1. The van der Waals surface area contributed by atoms with E-state index in [9.17, 15) is 9.36 Å². The van der Waals surface area contributed by atoms with Crippen molar-refractivity contribution in [2.45, 2.75) is 0 Å². The van der Waals surface area contributed by atoms with Crippen LogP contribution in [0, 0.1) is 0 Å². The van der Waals surface area contributed by atoms with Crippen LogP contribution < -0.4 is 11.3 Å². The maximum atomic E-state index is 11.5. The molecule has 0 aromatic carbocycles. The Labute approximate surface area is 112 Å². The highest BCUT2D eigenvalue weighted by atomic mass is 31.2. The number of nitrogens with zero attached hydrogens (tertiary/aromatic N) is 3. The van der Waals surface area contributed by atoms with Crippen molar-refractivity contribution in [3.05, 3.63) is 22.8 Å². The van der Waals surface area contributed by atoms with Crippen molar-refractivity contribution in [2.24, 2.45) is 0 Å². The molecule has 0 spiro atoms. The first-order chi connectivity index (χ1) is 9.37. The number of H-pyrrole nitrogens is 1. The van der Waals surface area contributed by atoms with Gasteiger partial charge in [0, 0.05) is 6.20 Å². The van der Waals surface area contributed by atoms with Gasteiger partial charge in [0.25, 0.3) is 5.56 Å². The predicted octanol–water partition coefficient (Wildman–Crippen LogP) is -0.676. The number of nitrogens with one attached hydrogen (secondary N) is 1. The summed E-state index contributed by atoms with van der Waals surface area (Å²) in [4.78, 5) is 38.8. The molecule has 108 valence electrons. The molecule has 11 heteroatoms. The SMILES string of the molecule is Nc1nc2c(ncn2C=CCOCP(=O)(O)O)c(=O)[nH]1. The maximum absolute atomic E-state index is 11.5. The molecule has 0 aliphatic carbocycles. The van der Waals surface area contributed by atoms with E-state index in [2.05, 4.69) is 15.0 Å². The average molecular weight is 301 g/mol. The van der Waals surface area contributed by atoms with E-state index in [-0.39, 0.29) is 23.7 Å². The summed E-state index contributed by atoms with van der Waals surface area (Å²) in [5.41, 5.74) is 5.40. The highest BCUT2D eigenvalue weighted by Crippen LogP contribution is 2.33. The van der Waals surface area contributed by atoms with Gasteiger partial charge in [-0.05, 0) is 6.08 Å². The summed E-state index contributed by atoms with van der Waals surface area (Å²) in [6.45, 7) is -0.0105. The minimum Gasteiger partial charge on any atom is -0.369 e. The fraction of sp³-hybridized carbons (Fsp3) is 0.222. The smallest absolute Gasteiger partial charge is 0.350 e. The zero-order chi connectivity index (χ0) is 14.8. The summed E-state index contributed by atoms with van der Waals surface area (Å²) >= 11 is 0. The normalized spacial score (nSPS) is 12.5. The van der Waals surface area contributed by atoms with Gasteiger partial charge in [0.15, 0.2) is 11.2 Å². The number of aromatic amines is 1. The van der Waals surface area contributed by atoms with Gasteiger partial charge in [-0.25, -0.2) is 4.98 Å². The Hall–Kier alpha value is -2.00. The molecule has 2 heterocycles. The van der Waals surface area contributed by atoms with Crippen LogP contribution in [0.1, 0.15) is 0 Å². The van der Waals surface area contributed by atoms with Gasteiger partial charge in [0.1, 0.15) is 12.7 Å². The van der Waals surface area contributed by atoms with Crippen LogP contribution in [-0.2, 0) is 9.30 Å². The monoisotopic (exact) mass is 301 g/mol. The molecule has 0 aliphatic heterocycles. The van der Waals surface area contributed by atoms with Crippen molar-refractivity contribution in [2.75, 3.05) is 18.7 Å². The second-order valence-corrected chi connectivity index (χ2v) is 5.41. The zero-order valence-corrected chi connectivity index (χ0v) is 11.0. The van der Waals surface area contributed by atoms with Crippen molar-refractivity contribution >= 4 is 30.9 Å². The molecule has 0 fully saturated rings. The first-order valence-electron chi connectivity index (χ1n) is 5.38. The molecule has 2 rings (SSSR count). The molecular weight excluding hydrogens is 289 g/mol. The highest BCUT2D eigenvalue weighted by Gasteiger charge is 2.11. The predicted molar refractivity (Wildman–Crippen MR) is 70.8 cm³/mol. The first-order valence-corrected chi connectivity index (χ1v) is 7.18. The quantitative estimate of drug-likeness (QED) is 0.418. The molecule has 0 atom stereocenters. The van der Waals surface area contributed by atoms with Crippen LogP contribution in [-0.4, -0.2) is 42.3 Å². The Morgan fingerprint density at radius 3 is 3.00 bits per heavy atom. The van der Waals surface area contributed by atoms with E-state index < -0.39 is 19.5 Å². The van der Waals surface area contributed by atoms with Gasteiger partial charge in [-0.15, -0.1) is 0 Å². The Kier molecular flexibility index (Phi) is 4.00. The minimum absolute atomic E-state index is 0.0105. The third kappa shape index (κ3) is 3.52. The minimum atomic E-state index is -4.17. The largest absolute Gasteiger partial charge is 0.369 e. The van der Waals surface area contributed by atoms with E-state index in [0.29, 0.717) is 0 Å². The van der Waals surface area contributed by atoms with Gasteiger partial charge >= 0.3 is 7.60 Å². The third-order valence-corrected chi connectivity index (χ3v) is 2.71. The lowest BCUT2D eigenvalue weighted by molar-refractivity contribution is 0.185. The Bertz CT molecular complexity index is 745. The van der Waals surface area contributed by atoms with Crippen molar-refractivity contribution in [1.82, 2.24) is 19.5 Å². The molecule has 10 nitrogen and oxygen atoms in total. The molecule has 20 heavy (non-hydrogen) atoms. The van der Waals surface area contributed by atoms with Crippen molar-refractivity contribution in [1.29, 1.82) is 0 Å². The fourth-order valence-corrected chi connectivity index (χ4v) is 1.79. The maximum Gasteiger partial charge on any atom is 0.350 e. The van der Waals surface area contributed by atoms with Gasteiger partial charge in [0.05, 0.1) is 6.61 Å². The number of nitrogens with two attached hydrogens (primary N) is 1. The Morgan fingerprint density at radius 2 is 2.30 bits per heavy atom. The summed E-state index contributed by atoms with van der Waals surface area (Å²) in [5, 5.41) is 0. The van der Waals surface area contributed by atoms with Crippen LogP contribution in [0.15, 0.2) is 17.2 Å². The number of hydrogen-bond donors (Lipinski definition) is 4. The number of nitrogen functional groups attached to an aromatic ring is 1. The molecule has 2 aromatic rings. The van der Waals surface area contributed by atoms with E-state index in [0.717, 1.165) is 0 Å². The molecule has 0 saturated heterocycles. The number of hydrogen-bond acceptors (Lipinski definition) is 6. The van der Waals surface area contributed by atoms with Crippen LogP contribution in [0.2, 0.25) is 0 Å². The van der Waals surface area contributed by atoms with Crippen LogP contribution >= 0.6 is 7.60 Å². The number of aromatic nitrogens is 4. The summed E-state index contributed by atoms with van der Waals surface area (Å²) in [6.07, 6.45) is 3.70. The van der Waals surface area contributed by atoms with Crippen molar-refractivity contribution < 1.29 is 19.1 Å². The number of ether oxygens (including phenoxy) is 1. The van der Waals surface area contributed by atoms with Crippen LogP contribution in [0.25, 0.3) is 17.4 Å². The third-order valence-electron chi connectivity index (χ3n) is 2.19. The van der Waals surface area contributed by atoms with Gasteiger partial charge in [-0.2, -0.15) is 4.98 Å². The molecule has 0 bridgehead atoms. The summed E-state index contributed by atoms with van der Waals surface area (Å²) in [6, 6.07) is 0. The molecular formula is C9H12N5O5P. The topological polar surface area (TPSA) is 156 Å². The van der Waals surface area contributed by atoms with E-state index in [4.69, 9.17) is 20.3 Å². The van der Waals surface area contributed by atoms with Gasteiger partial charge in [0.2, 0.25) is 5.95 Å². The van der Waals surface area contributed by atoms with Gasteiger partial charge in [-0.1, -0.05) is 0 Å². The Morgan fingerprint density at radius 1 is 1.55 bits per heavy atom. The lowest BCUT2D eigenvalue weighted by Gasteiger charge is -2.02. The number of imidazole rings is 1. The Balaban J connectivity index is 2.11. The molecule has 0 aliphatic rings. The fourth-order valence-electron chi connectivity index (χ4n) is 1.45. The van der Waals surface area contributed by atoms with Crippen molar-refractivity contribution in [3.8, 4) is 0 Å². The number of anilines is 1. The second-order valence-electron chi connectivity index (χ2n) is 3.82. The second kappa shape index (κ2) is 5.55. The summed E-state index contributed by atoms with van der Waals surface area (Å²) in [7, 11) is -4.17. The lowest BCUT2D eigenvalue weighted by atomic mass is 10.5. The van der Waals surface area contributed by atoms with Crippen LogP contribution in [0.3, 0.4) is 0 Å². The molecule has 0 saturated carbocycles. The summed E-state index contributed by atoms with van der Waals surface area (Å²) < 4.78 is 16.7. The number of rotatable bonds is 5. The number of fused-ring (bicyclic) bond motifs is 1. The van der Waals surface area contributed by atoms with E-state index in [1.54, 1.807) is 0 Å². The standard InChI is InChI=1S/C9H12N5O5P/c10-9-12-7-6(8(15)13-9)11-4-14(7)2-1-3-19-5-20(16,17)18/h1-2,4H,3,5H2,(H2,16,17,18)(H3,10,12,13,15). The van der Waals surface area contributed by atoms with Gasteiger partial charge in [-0.3, -0.25) is 18.9 Å². The molecule has 0 unspecified atom stereocenters. The van der Waals surface area contributed by atoms with Crippen molar-refractivity contribution in [3.63, 3.8) is 0 Å². The highest BCUT2D eigenvalue weighted by molar-refractivity contribution is 7.51. The summed E-state index contributed by atoms with van der Waals surface area (Å²) in [5.74, 6) is -0.0320. The molecule has 2 aromatic heterocycles.